The molecule has 0 unspecified atom stereocenters. The van der Waals surface area contributed by atoms with E-state index in [4.69, 9.17) is 9.47 Å². The summed E-state index contributed by atoms with van der Waals surface area (Å²) in [6, 6.07) is 5.41. The summed E-state index contributed by atoms with van der Waals surface area (Å²) >= 11 is 0. The summed E-state index contributed by atoms with van der Waals surface area (Å²) in [7, 11) is 0. The van der Waals surface area contributed by atoms with Crippen molar-refractivity contribution in [3.8, 4) is 0 Å². The molecular formula is C16H23FO2. The van der Waals surface area contributed by atoms with Crippen LogP contribution in [-0.2, 0) is 15.9 Å². The van der Waals surface area contributed by atoms with Gasteiger partial charge in [-0.25, -0.2) is 4.39 Å². The minimum Gasteiger partial charge on any atom is -0.352 e. The Morgan fingerprint density at radius 3 is 2.58 bits per heavy atom. The molecule has 0 bridgehead atoms. The SMILES string of the molecule is CCCC1COC(CCc2ccc(C)c(F)c2)OC1. The highest BCUT2D eigenvalue weighted by atomic mass is 19.1. The van der Waals surface area contributed by atoms with Gasteiger partial charge in [0, 0.05) is 12.3 Å². The monoisotopic (exact) mass is 266 g/mol. The molecule has 1 fully saturated rings. The Morgan fingerprint density at radius 2 is 1.95 bits per heavy atom. The summed E-state index contributed by atoms with van der Waals surface area (Å²) in [6.07, 6.45) is 3.79. The second kappa shape index (κ2) is 7.01. The lowest BCUT2D eigenvalue weighted by molar-refractivity contribution is -0.203. The Balaban J connectivity index is 1.75. The van der Waals surface area contributed by atoms with Crippen molar-refractivity contribution in [3.05, 3.63) is 35.1 Å². The highest BCUT2D eigenvalue weighted by molar-refractivity contribution is 5.23. The minimum atomic E-state index is -0.133. The van der Waals surface area contributed by atoms with Crippen molar-refractivity contribution in [1.29, 1.82) is 0 Å². The molecule has 1 saturated heterocycles. The normalized spacial score (nSPS) is 23.5. The number of aryl methyl sites for hydroxylation is 2. The quantitative estimate of drug-likeness (QED) is 0.805. The molecule has 2 nitrogen and oxygen atoms in total. The van der Waals surface area contributed by atoms with Gasteiger partial charge in [0.1, 0.15) is 5.82 Å². The van der Waals surface area contributed by atoms with Crippen LogP contribution in [0.2, 0.25) is 0 Å². The highest BCUT2D eigenvalue weighted by Gasteiger charge is 2.21. The largest absolute Gasteiger partial charge is 0.352 e. The molecule has 19 heavy (non-hydrogen) atoms. The second-order valence-corrected chi connectivity index (χ2v) is 5.37. The third-order valence-corrected chi connectivity index (χ3v) is 3.64. The van der Waals surface area contributed by atoms with E-state index in [2.05, 4.69) is 6.92 Å². The molecule has 2 rings (SSSR count). The number of rotatable bonds is 5. The minimum absolute atomic E-state index is 0.127. The van der Waals surface area contributed by atoms with Crippen LogP contribution in [0.3, 0.4) is 0 Å². The topological polar surface area (TPSA) is 18.5 Å². The first kappa shape index (κ1) is 14.5. The van der Waals surface area contributed by atoms with E-state index in [1.165, 1.54) is 6.42 Å². The Labute approximate surface area is 114 Å². The van der Waals surface area contributed by atoms with Crippen LogP contribution in [0.25, 0.3) is 0 Å². The van der Waals surface area contributed by atoms with E-state index >= 15 is 0 Å². The Morgan fingerprint density at radius 1 is 1.21 bits per heavy atom. The van der Waals surface area contributed by atoms with Crippen molar-refractivity contribution in [2.45, 2.75) is 45.8 Å². The summed E-state index contributed by atoms with van der Waals surface area (Å²) in [4.78, 5) is 0. The molecule has 0 amide bonds. The maximum atomic E-state index is 13.4. The number of benzene rings is 1. The summed E-state index contributed by atoms with van der Waals surface area (Å²) < 4.78 is 24.8. The van der Waals surface area contributed by atoms with E-state index in [0.29, 0.717) is 11.5 Å². The van der Waals surface area contributed by atoms with E-state index in [-0.39, 0.29) is 12.1 Å². The van der Waals surface area contributed by atoms with Gasteiger partial charge in [-0.3, -0.25) is 0 Å². The lowest BCUT2D eigenvalue weighted by Gasteiger charge is -2.29. The Kier molecular flexibility index (Phi) is 5.34. The molecule has 0 aliphatic carbocycles. The number of ether oxygens (including phenoxy) is 2. The van der Waals surface area contributed by atoms with Gasteiger partial charge in [-0.15, -0.1) is 0 Å². The zero-order valence-corrected chi connectivity index (χ0v) is 11.8. The van der Waals surface area contributed by atoms with Gasteiger partial charge in [-0.05, 0) is 37.0 Å². The molecule has 0 radical (unpaired) electrons. The van der Waals surface area contributed by atoms with Crippen LogP contribution in [0, 0.1) is 18.7 Å². The average Bonchev–Trinajstić information content (AvgIpc) is 2.42. The first-order valence-electron chi connectivity index (χ1n) is 7.17. The maximum absolute atomic E-state index is 13.4. The fourth-order valence-corrected chi connectivity index (χ4v) is 2.40. The first-order valence-corrected chi connectivity index (χ1v) is 7.17. The second-order valence-electron chi connectivity index (χ2n) is 5.37. The maximum Gasteiger partial charge on any atom is 0.157 e. The summed E-state index contributed by atoms with van der Waals surface area (Å²) in [5.74, 6) is 0.407. The van der Waals surface area contributed by atoms with Crippen molar-refractivity contribution in [1.82, 2.24) is 0 Å². The fourth-order valence-electron chi connectivity index (χ4n) is 2.40. The first-order chi connectivity index (χ1) is 9.19. The van der Waals surface area contributed by atoms with E-state index in [9.17, 15) is 4.39 Å². The predicted octanol–water partition coefficient (Wildman–Crippen LogP) is 3.86. The summed E-state index contributed by atoms with van der Waals surface area (Å²) in [5, 5.41) is 0. The van der Waals surface area contributed by atoms with Crippen molar-refractivity contribution < 1.29 is 13.9 Å². The van der Waals surface area contributed by atoms with Crippen LogP contribution in [0.4, 0.5) is 4.39 Å². The molecule has 1 heterocycles. The molecule has 0 aromatic heterocycles. The van der Waals surface area contributed by atoms with Crippen LogP contribution >= 0.6 is 0 Å². The molecule has 0 spiro atoms. The molecular weight excluding hydrogens is 243 g/mol. The van der Waals surface area contributed by atoms with Gasteiger partial charge in [-0.1, -0.05) is 25.5 Å². The zero-order valence-electron chi connectivity index (χ0n) is 11.8. The van der Waals surface area contributed by atoms with E-state index in [1.54, 1.807) is 13.0 Å². The fraction of sp³-hybridized carbons (Fsp3) is 0.625. The molecule has 0 atom stereocenters. The Bertz CT molecular complexity index is 398. The molecule has 0 N–H and O–H groups in total. The third-order valence-electron chi connectivity index (χ3n) is 3.64. The van der Waals surface area contributed by atoms with Crippen LogP contribution in [0.15, 0.2) is 18.2 Å². The van der Waals surface area contributed by atoms with Gasteiger partial charge in [0.05, 0.1) is 13.2 Å². The van der Waals surface area contributed by atoms with Crippen LogP contribution in [-0.4, -0.2) is 19.5 Å². The molecule has 1 aromatic carbocycles. The number of halogens is 1. The summed E-state index contributed by atoms with van der Waals surface area (Å²) in [6.45, 7) is 5.54. The lowest BCUT2D eigenvalue weighted by atomic mass is 10.0. The van der Waals surface area contributed by atoms with Gasteiger partial charge in [0.25, 0.3) is 0 Å². The van der Waals surface area contributed by atoms with Crippen molar-refractivity contribution in [3.63, 3.8) is 0 Å². The van der Waals surface area contributed by atoms with Crippen molar-refractivity contribution in [2.24, 2.45) is 5.92 Å². The van der Waals surface area contributed by atoms with Gasteiger partial charge in [0.15, 0.2) is 6.29 Å². The van der Waals surface area contributed by atoms with Gasteiger partial charge in [-0.2, -0.15) is 0 Å². The smallest absolute Gasteiger partial charge is 0.157 e. The molecule has 106 valence electrons. The number of hydrogen-bond donors (Lipinski definition) is 0. The summed E-state index contributed by atoms with van der Waals surface area (Å²) in [5.41, 5.74) is 1.70. The predicted molar refractivity (Wildman–Crippen MR) is 73.5 cm³/mol. The lowest BCUT2D eigenvalue weighted by Crippen LogP contribution is -2.32. The van der Waals surface area contributed by atoms with Crippen molar-refractivity contribution >= 4 is 0 Å². The molecule has 1 aliphatic heterocycles. The standard InChI is InChI=1S/C16H23FO2/c1-3-4-14-10-18-16(19-11-14)8-7-13-6-5-12(2)15(17)9-13/h5-6,9,14,16H,3-4,7-8,10-11H2,1-2H3. The van der Waals surface area contributed by atoms with Gasteiger partial charge in [0.2, 0.25) is 0 Å². The van der Waals surface area contributed by atoms with E-state index in [0.717, 1.165) is 38.0 Å². The van der Waals surface area contributed by atoms with Gasteiger partial charge < -0.3 is 9.47 Å². The van der Waals surface area contributed by atoms with Crippen molar-refractivity contribution in [2.75, 3.05) is 13.2 Å². The zero-order chi connectivity index (χ0) is 13.7. The molecule has 1 aromatic rings. The molecule has 0 saturated carbocycles. The Hall–Kier alpha value is -0.930. The third kappa shape index (κ3) is 4.29. The molecule has 3 heteroatoms. The average molecular weight is 266 g/mol. The van der Waals surface area contributed by atoms with Crippen LogP contribution in [0.1, 0.15) is 37.3 Å². The van der Waals surface area contributed by atoms with E-state index < -0.39 is 0 Å². The molecule has 1 aliphatic rings. The van der Waals surface area contributed by atoms with E-state index in [1.807, 2.05) is 12.1 Å². The van der Waals surface area contributed by atoms with Gasteiger partial charge >= 0.3 is 0 Å². The van der Waals surface area contributed by atoms with Crippen LogP contribution in [0.5, 0.6) is 0 Å². The van der Waals surface area contributed by atoms with Crippen LogP contribution < -0.4 is 0 Å². The number of hydrogen-bond acceptors (Lipinski definition) is 2. The highest BCUT2D eigenvalue weighted by Crippen LogP contribution is 2.19.